The van der Waals surface area contributed by atoms with Crippen LogP contribution in [0.15, 0.2) is 66.9 Å². The summed E-state index contributed by atoms with van der Waals surface area (Å²) in [5, 5.41) is 1.08. The maximum atomic E-state index is 4.77. The maximum Gasteiger partial charge on any atom is 0.0737 e. The van der Waals surface area contributed by atoms with Gasteiger partial charge >= 0.3 is 0 Å². The van der Waals surface area contributed by atoms with Gasteiger partial charge in [-0.15, -0.1) is 0 Å². The zero-order valence-corrected chi connectivity index (χ0v) is 18.0. The predicted octanol–water partition coefficient (Wildman–Crippen LogP) is 5.63. The van der Waals surface area contributed by atoms with Crippen molar-refractivity contribution in [2.45, 2.75) is 46.0 Å². The fourth-order valence-corrected chi connectivity index (χ4v) is 3.98. The van der Waals surface area contributed by atoms with Gasteiger partial charge in [0, 0.05) is 17.2 Å². The largest absolute Gasteiger partial charge is 0.256 e. The van der Waals surface area contributed by atoms with Crippen LogP contribution in [0.3, 0.4) is 0 Å². The highest BCUT2D eigenvalue weighted by molar-refractivity contribution is 6.33. The van der Waals surface area contributed by atoms with Crippen LogP contribution in [0.25, 0.3) is 11.3 Å². The predicted molar refractivity (Wildman–Crippen MR) is 117 cm³/mol. The Balaban J connectivity index is 2.14. The first kappa shape index (κ1) is 19.6. The fourth-order valence-electron chi connectivity index (χ4n) is 3.62. The molecule has 0 spiro atoms. The Kier molecular flexibility index (Phi) is 5.66. The molecule has 1 nitrogen and oxygen atoms in total. The van der Waals surface area contributed by atoms with Crippen molar-refractivity contribution >= 4 is 15.4 Å². The molecule has 0 fully saturated rings. The lowest BCUT2D eigenvalue weighted by atomic mass is 9.75. The quantitative estimate of drug-likeness (QED) is 0.531. The van der Waals surface area contributed by atoms with Crippen LogP contribution in [0, 0.1) is 5.92 Å². The van der Waals surface area contributed by atoms with Crippen LogP contribution in [0.1, 0.15) is 57.2 Å². The lowest BCUT2D eigenvalue weighted by molar-refractivity contribution is 0.537. The minimum Gasteiger partial charge on any atom is -0.256 e. The molecule has 1 aromatic heterocycles. The summed E-state index contributed by atoms with van der Waals surface area (Å²) in [6.07, 6.45) is 1.95. The van der Waals surface area contributed by atoms with Gasteiger partial charge in [-0.1, -0.05) is 89.2 Å². The molecule has 0 aliphatic heterocycles. The monoisotopic (exact) mass is 370 g/mol. The average molecular weight is 371 g/mol. The van der Waals surface area contributed by atoms with Crippen LogP contribution in [-0.2, 0) is 5.41 Å². The standard InChI is InChI=1S/C25H28NSi/c1-17(2)18(3)21-15-23(26-16-24(21)27)20-13-9-10-14-22(20)25(4,5)19-11-7-6-8-12-19/h6-18H,1-5H3. The molecular formula is C25H28NSi. The van der Waals surface area contributed by atoms with Crippen LogP contribution in [0.2, 0.25) is 0 Å². The summed E-state index contributed by atoms with van der Waals surface area (Å²) in [6.45, 7) is 11.4. The molecule has 137 valence electrons. The van der Waals surface area contributed by atoms with Crippen molar-refractivity contribution < 1.29 is 0 Å². The van der Waals surface area contributed by atoms with E-state index in [1.54, 1.807) is 0 Å². The molecule has 3 rings (SSSR count). The smallest absolute Gasteiger partial charge is 0.0737 e. The Labute approximate surface area is 167 Å². The van der Waals surface area contributed by atoms with Crippen molar-refractivity contribution in [3.63, 3.8) is 0 Å². The van der Waals surface area contributed by atoms with Gasteiger partial charge in [-0.25, -0.2) is 0 Å². The topological polar surface area (TPSA) is 12.9 Å². The zero-order valence-electron chi connectivity index (χ0n) is 17.0. The minimum absolute atomic E-state index is 0.101. The third-order valence-corrected chi connectivity index (χ3v) is 6.22. The first-order valence-corrected chi connectivity index (χ1v) is 10.2. The van der Waals surface area contributed by atoms with Gasteiger partial charge < -0.3 is 0 Å². The highest BCUT2D eigenvalue weighted by Gasteiger charge is 2.26. The van der Waals surface area contributed by atoms with Crippen molar-refractivity contribution in [3.8, 4) is 11.3 Å². The molecule has 3 radical (unpaired) electrons. The van der Waals surface area contributed by atoms with E-state index in [0.717, 1.165) is 10.9 Å². The first-order valence-electron chi connectivity index (χ1n) is 9.69. The van der Waals surface area contributed by atoms with E-state index in [0.29, 0.717) is 11.8 Å². The Morgan fingerprint density at radius 2 is 1.52 bits per heavy atom. The summed E-state index contributed by atoms with van der Waals surface area (Å²) >= 11 is 0. The Morgan fingerprint density at radius 3 is 2.19 bits per heavy atom. The van der Waals surface area contributed by atoms with Crippen molar-refractivity contribution in [3.05, 3.63) is 83.6 Å². The summed E-state index contributed by atoms with van der Waals surface area (Å²) in [7, 11) is 3.76. The van der Waals surface area contributed by atoms with Gasteiger partial charge in [-0.2, -0.15) is 0 Å². The van der Waals surface area contributed by atoms with E-state index >= 15 is 0 Å². The van der Waals surface area contributed by atoms with Crippen molar-refractivity contribution in [1.29, 1.82) is 0 Å². The maximum absolute atomic E-state index is 4.77. The molecule has 1 unspecified atom stereocenters. The molecule has 2 heteroatoms. The SMILES string of the molecule is CC(C)C(C)c1cc(-c2ccccc2C(C)(C)c2ccccc2)ncc1[Si]. The van der Waals surface area contributed by atoms with E-state index in [9.17, 15) is 0 Å². The summed E-state index contributed by atoms with van der Waals surface area (Å²) in [5.74, 6) is 1.04. The zero-order chi connectivity index (χ0) is 19.6. The van der Waals surface area contributed by atoms with E-state index in [-0.39, 0.29) is 5.41 Å². The van der Waals surface area contributed by atoms with Gasteiger partial charge in [0.05, 0.1) is 15.9 Å². The number of pyridine rings is 1. The molecule has 3 aromatic rings. The number of rotatable bonds is 5. The van der Waals surface area contributed by atoms with Gasteiger partial charge in [0.1, 0.15) is 0 Å². The summed E-state index contributed by atoms with van der Waals surface area (Å²) in [6, 6.07) is 21.6. The molecule has 1 heterocycles. The lowest BCUT2D eigenvalue weighted by Gasteiger charge is -2.29. The summed E-state index contributed by atoms with van der Waals surface area (Å²) < 4.78 is 0. The van der Waals surface area contributed by atoms with Gasteiger partial charge in [0.15, 0.2) is 0 Å². The lowest BCUT2D eigenvalue weighted by Crippen LogP contribution is -2.21. The van der Waals surface area contributed by atoms with Crippen LogP contribution in [0.5, 0.6) is 0 Å². The average Bonchev–Trinajstić information content (AvgIpc) is 2.68. The Bertz CT molecular complexity index is 913. The van der Waals surface area contributed by atoms with E-state index in [1.807, 2.05) is 6.20 Å². The minimum atomic E-state index is -0.101. The Morgan fingerprint density at radius 1 is 0.889 bits per heavy atom. The molecule has 0 N–H and O–H groups in total. The molecule has 27 heavy (non-hydrogen) atoms. The molecule has 0 aliphatic rings. The molecule has 0 aliphatic carbocycles. The molecular weight excluding hydrogens is 342 g/mol. The second kappa shape index (κ2) is 7.81. The number of nitrogens with zero attached hydrogens (tertiary/aromatic N) is 1. The second-order valence-electron chi connectivity index (χ2n) is 8.23. The number of aromatic nitrogens is 1. The van der Waals surface area contributed by atoms with Gasteiger partial charge in [-0.3, -0.25) is 4.98 Å². The molecule has 0 saturated carbocycles. The summed E-state index contributed by atoms with van der Waals surface area (Å²) in [5.41, 5.74) is 6.07. The van der Waals surface area contributed by atoms with E-state index < -0.39 is 0 Å². The molecule has 0 bridgehead atoms. The van der Waals surface area contributed by atoms with Crippen molar-refractivity contribution in [1.82, 2.24) is 4.98 Å². The van der Waals surface area contributed by atoms with Gasteiger partial charge in [0.2, 0.25) is 0 Å². The number of benzene rings is 2. The van der Waals surface area contributed by atoms with E-state index in [4.69, 9.17) is 4.98 Å². The van der Waals surface area contributed by atoms with Crippen molar-refractivity contribution in [2.24, 2.45) is 5.92 Å². The molecule has 0 amide bonds. The second-order valence-corrected chi connectivity index (χ2v) is 8.76. The molecule has 2 aromatic carbocycles. The van der Waals surface area contributed by atoms with Gasteiger partial charge in [0.25, 0.3) is 0 Å². The first-order chi connectivity index (χ1) is 12.8. The highest BCUT2D eigenvalue weighted by Crippen LogP contribution is 2.37. The number of hydrogen-bond donors (Lipinski definition) is 0. The highest BCUT2D eigenvalue weighted by atomic mass is 28.1. The van der Waals surface area contributed by atoms with Gasteiger partial charge in [-0.05, 0) is 39.8 Å². The van der Waals surface area contributed by atoms with E-state index in [1.165, 1.54) is 22.3 Å². The number of hydrogen-bond acceptors (Lipinski definition) is 1. The van der Waals surface area contributed by atoms with Crippen LogP contribution < -0.4 is 5.19 Å². The van der Waals surface area contributed by atoms with E-state index in [2.05, 4.69) is 106 Å². The third-order valence-electron chi connectivity index (χ3n) is 5.80. The fraction of sp³-hybridized carbons (Fsp3) is 0.320. The Hall–Kier alpha value is -2.19. The van der Waals surface area contributed by atoms with Crippen molar-refractivity contribution in [2.75, 3.05) is 0 Å². The third kappa shape index (κ3) is 3.91. The van der Waals surface area contributed by atoms with Crippen LogP contribution in [-0.4, -0.2) is 15.2 Å². The molecule has 1 atom stereocenters. The summed E-state index contributed by atoms with van der Waals surface area (Å²) in [4.78, 5) is 4.77. The van der Waals surface area contributed by atoms with Crippen LogP contribution >= 0.6 is 0 Å². The van der Waals surface area contributed by atoms with Crippen LogP contribution in [0.4, 0.5) is 0 Å². The molecule has 0 saturated heterocycles. The normalized spacial score (nSPS) is 13.0.